The van der Waals surface area contributed by atoms with Gasteiger partial charge in [-0.1, -0.05) is 0 Å². The first-order valence-electron chi connectivity index (χ1n) is 7.85. The van der Waals surface area contributed by atoms with E-state index in [4.69, 9.17) is 0 Å². The molecule has 122 valence electrons. The van der Waals surface area contributed by atoms with Gasteiger partial charge in [-0.15, -0.1) is 0 Å². The van der Waals surface area contributed by atoms with E-state index in [0.717, 1.165) is 25.3 Å². The Morgan fingerprint density at radius 1 is 1.27 bits per heavy atom. The minimum Gasteiger partial charge on any atom is -0.468 e. The van der Waals surface area contributed by atoms with Gasteiger partial charge in [-0.2, -0.15) is 0 Å². The summed E-state index contributed by atoms with van der Waals surface area (Å²) in [6.07, 6.45) is 4.71. The van der Waals surface area contributed by atoms with Crippen LogP contribution in [0.3, 0.4) is 0 Å². The Kier molecular flexibility index (Phi) is 6.95. The highest BCUT2D eigenvalue weighted by atomic mass is 127. The van der Waals surface area contributed by atoms with E-state index < -0.39 is 0 Å². The molecular formula is C17H25IN2O2. The van der Waals surface area contributed by atoms with Crippen molar-refractivity contribution in [1.82, 2.24) is 5.32 Å². The molecule has 0 aromatic heterocycles. The monoisotopic (exact) mass is 416 g/mol. The molecule has 0 amide bonds. The van der Waals surface area contributed by atoms with E-state index in [1.165, 1.54) is 29.2 Å². The number of rotatable bonds is 6. The number of halogens is 1. The van der Waals surface area contributed by atoms with Crippen LogP contribution in [0.4, 0.5) is 5.69 Å². The molecule has 0 unspecified atom stereocenters. The molecule has 0 radical (unpaired) electrons. The van der Waals surface area contributed by atoms with Crippen molar-refractivity contribution in [2.45, 2.75) is 31.7 Å². The first-order chi connectivity index (χ1) is 10.6. The number of hydrogen-bond acceptors (Lipinski definition) is 4. The van der Waals surface area contributed by atoms with E-state index >= 15 is 0 Å². The SMILES string of the molecule is COC(=O)CN[C@H]1CC[C@H](CN(C)c2ccc(I)cc2)CC1. The second-order valence-electron chi connectivity index (χ2n) is 6.03. The summed E-state index contributed by atoms with van der Waals surface area (Å²) in [4.78, 5) is 13.5. The Bertz CT molecular complexity index is 470. The summed E-state index contributed by atoms with van der Waals surface area (Å²) in [6.45, 7) is 1.43. The summed E-state index contributed by atoms with van der Waals surface area (Å²) in [7, 11) is 3.60. The first kappa shape index (κ1) is 17.5. The number of benzene rings is 1. The van der Waals surface area contributed by atoms with Gasteiger partial charge in [0.2, 0.25) is 0 Å². The molecule has 1 fully saturated rings. The maximum atomic E-state index is 11.2. The molecule has 0 bridgehead atoms. The van der Waals surface area contributed by atoms with Gasteiger partial charge in [-0.25, -0.2) is 0 Å². The third kappa shape index (κ3) is 5.43. The predicted octanol–water partition coefficient (Wildman–Crippen LogP) is 3.05. The Morgan fingerprint density at radius 3 is 2.50 bits per heavy atom. The lowest BCUT2D eigenvalue weighted by molar-refractivity contribution is -0.139. The zero-order valence-corrected chi connectivity index (χ0v) is 15.5. The first-order valence-corrected chi connectivity index (χ1v) is 8.93. The molecule has 1 aromatic rings. The largest absolute Gasteiger partial charge is 0.468 e. The quantitative estimate of drug-likeness (QED) is 0.572. The average Bonchev–Trinajstić information content (AvgIpc) is 2.54. The molecule has 4 nitrogen and oxygen atoms in total. The number of carbonyl (C=O) groups excluding carboxylic acids is 1. The second-order valence-corrected chi connectivity index (χ2v) is 7.28. The predicted molar refractivity (Wildman–Crippen MR) is 98.2 cm³/mol. The van der Waals surface area contributed by atoms with Crippen molar-refractivity contribution < 1.29 is 9.53 Å². The summed E-state index contributed by atoms with van der Waals surface area (Å²) in [5.41, 5.74) is 1.28. The number of hydrogen-bond donors (Lipinski definition) is 1. The van der Waals surface area contributed by atoms with Crippen molar-refractivity contribution in [3.05, 3.63) is 27.8 Å². The van der Waals surface area contributed by atoms with Crippen molar-refractivity contribution in [1.29, 1.82) is 0 Å². The van der Waals surface area contributed by atoms with Crippen LogP contribution in [0.1, 0.15) is 25.7 Å². The Labute approximate surface area is 146 Å². The second kappa shape index (κ2) is 8.72. The van der Waals surface area contributed by atoms with Gasteiger partial charge in [0.25, 0.3) is 0 Å². The lowest BCUT2D eigenvalue weighted by Gasteiger charge is -2.32. The molecule has 1 aliphatic rings. The number of esters is 1. The van der Waals surface area contributed by atoms with Crippen molar-refractivity contribution >= 4 is 34.2 Å². The van der Waals surface area contributed by atoms with E-state index in [0.29, 0.717) is 12.6 Å². The summed E-state index contributed by atoms with van der Waals surface area (Å²) in [5.74, 6) is 0.557. The molecule has 0 spiro atoms. The van der Waals surface area contributed by atoms with E-state index in [-0.39, 0.29) is 5.97 Å². The lowest BCUT2D eigenvalue weighted by atomic mass is 9.85. The number of nitrogens with zero attached hydrogens (tertiary/aromatic N) is 1. The van der Waals surface area contributed by atoms with E-state index in [2.05, 4.69) is 68.9 Å². The van der Waals surface area contributed by atoms with E-state index in [1.807, 2.05) is 0 Å². The normalized spacial score (nSPS) is 21.4. The summed E-state index contributed by atoms with van der Waals surface area (Å²) in [6, 6.07) is 9.13. The number of carbonyl (C=O) groups is 1. The highest BCUT2D eigenvalue weighted by Crippen LogP contribution is 2.26. The van der Waals surface area contributed by atoms with Crippen molar-refractivity contribution in [3.63, 3.8) is 0 Å². The van der Waals surface area contributed by atoms with E-state index in [9.17, 15) is 4.79 Å². The summed E-state index contributed by atoms with van der Waals surface area (Å²) < 4.78 is 5.93. The molecule has 1 aliphatic carbocycles. The van der Waals surface area contributed by atoms with Crippen molar-refractivity contribution in [2.75, 3.05) is 32.1 Å². The Hall–Kier alpha value is -0.820. The van der Waals surface area contributed by atoms with Crippen LogP contribution in [0.2, 0.25) is 0 Å². The topological polar surface area (TPSA) is 41.6 Å². The summed E-state index contributed by atoms with van der Waals surface area (Å²) >= 11 is 2.33. The van der Waals surface area contributed by atoms with Gasteiger partial charge in [0.1, 0.15) is 0 Å². The fourth-order valence-electron chi connectivity index (χ4n) is 3.04. The van der Waals surface area contributed by atoms with Crippen LogP contribution in [0.5, 0.6) is 0 Å². The fraction of sp³-hybridized carbons (Fsp3) is 0.588. The van der Waals surface area contributed by atoms with Gasteiger partial charge in [-0.05, 0) is 78.5 Å². The average molecular weight is 416 g/mol. The Balaban J connectivity index is 1.72. The molecule has 2 rings (SSSR count). The van der Waals surface area contributed by atoms with Crippen LogP contribution >= 0.6 is 22.6 Å². The molecule has 1 saturated carbocycles. The molecular weight excluding hydrogens is 391 g/mol. The number of ether oxygens (including phenoxy) is 1. The van der Waals surface area contributed by atoms with Gasteiger partial charge in [-0.3, -0.25) is 4.79 Å². The zero-order valence-electron chi connectivity index (χ0n) is 13.3. The van der Waals surface area contributed by atoms with Gasteiger partial charge in [0.15, 0.2) is 0 Å². The van der Waals surface area contributed by atoms with Gasteiger partial charge >= 0.3 is 5.97 Å². The van der Waals surface area contributed by atoms with Crippen LogP contribution in [0.25, 0.3) is 0 Å². The van der Waals surface area contributed by atoms with Crippen LogP contribution in [-0.2, 0) is 9.53 Å². The molecule has 0 atom stereocenters. The molecule has 0 heterocycles. The highest BCUT2D eigenvalue weighted by Gasteiger charge is 2.22. The van der Waals surface area contributed by atoms with Crippen LogP contribution in [0.15, 0.2) is 24.3 Å². The van der Waals surface area contributed by atoms with Gasteiger partial charge in [0, 0.05) is 28.9 Å². The lowest BCUT2D eigenvalue weighted by Crippen LogP contribution is -2.38. The number of anilines is 1. The van der Waals surface area contributed by atoms with Crippen LogP contribution in [-0.4, -0.2) is 39.3 Å². The molecule has 0 saturated heterocycles. The van der Waals surface area contributed by atoms with Crippen LogP contribution < -0.4 is 10.2 Å². The molecule has 5 heteroatoms. The van der Waals surface area contributed by atoms with E-state index in [1.54, 1.807) is 0 Å². The van der Waals surface area contributed by atoms with Crippen molar-refractivity contribution in [2.24, 2.45) is 5.92 Å². The van der Waals surface area contributed by atoms with Crippen LogP contribution in [0, 0.1) is 9.49 Å². The van der Waals surface area contributed by atoms with Crippen molar-refractivity contribution in [3.8, 4) is 0 Å². The molecule has 0 aliphatic heterocycles. The smallest absolute Gasteiger partial charge is 0.319 e. The zero-order chi connectivity index (χ0) is 15.9. The number of nitrogens with one attached hydrogen (secondary N) is 1. The fourth-order valence-corrected chi connectivity index (χ4v) is 3.40. The third-order valence-electron chi connectivity index (χ3n) is 4.41. The van der Waals surface area contributed by atoms with Gasteiger partial charge in [0.05, 0.1) is 13.7 Å². The third-order valence-corrected chi connectivity index (χ3v) is 5.13. The minimum absolute atomic E-state index is 0.180. The maximum absolute atomic E-state index is 11.2. The molecule has 22 heavy (non-hydrogen) atoms. The van der Waals surface area contributed by atoms with Gasteiger partial charge < -0.3 is 15.0 Å². The Morgan fingerprint density at radius 2 is 1.91 bits per heavy atom. The number of methoxy groups -OCH3 is 1. The minimum atomic E-state index is -0.180. The maximum Gasteiger partial charge on any atom is 0.319 e. The molecule has 1 aromatic carbocycles. The summed E-state index contributed by atoms with van der Waals surface area (Å²) in [5, 5.41) is 3.30. The standard InChI is InChI=1S/C17H25IN2O2/c1-20(16-9-5-14(18)6-10-16)12-13-3-7-15(8-4-13)19-11-17(21)22-2/h5-6,9-10,13,15,19H,3-4,7-8,11-12H2,1-2H3/t13-,15-. The highest BCUT2D eigenvalue weighted by molar-refractivity contribution is 14.1. The molecule has 1 N–H and O–H groups in total.